The summed E-state index contributed by atoms with van der Waals surface area (Å²) < 4.78 is 26.8. The third kappa shape index (κ3) is 4.65. The van der Waals surface area contributed by atoms with Crippen molar-refractivity contribution in [2.24, 2.45) is 0 Å². The summed E-state index contributed by atoms with van der Waals surface area (Å²) in [7, 11) is -3.40. The minimum Gasteiger partial charge on any atom is -0.302 e. The van der Waals surface area contributed by atoms with Gasteiger partial charge in [0.1, 0.15) is 0 Å². The number of nitrogens with one attached hydrogen (secondary N) is 1. The molecule has 1 saturated heterocycles. The van der Waals surface area contributed by atoms with Crippen LogP contribution < -0.4 is 5.32 Å². The normalized spacial score (nSPS) is 15.8. The zero-order valence-electron chi connectivity index (χ0n) is 13.8. The van der Waals surface area contributed by atoms with Crippen molar-refractivity contribution in [2.75, 3.05) is 18.4 Å². The van der Waals surface area contributed by atoms with E-state index in [1.165, 1.54) is 11.3 Å². The van der Waals surface area contributed by atoms with Gasteiger partial charge in [-0.3, -0.25) is 4.79 Å². The van der Waals surface area contributed by atoms with Crippen molar-refractivity contribution in [2.45, 2.75) is 37.0 Å². The minimum absolute atomic E-state index is 0.0973. The Hall–Kier alpha value is -1.77. The molecule has 0 bridgehead atoms. The van der Waals surface area contributed by atoms with E-state index in [1.54, 1.807) is 40.1 Å². The summed E-state index contributed by atoms with van der Waals surface area (Å²) in [5, 5.41) is 5.13. The Morgan fingerprint density at radius 2 is 1.88 bits per heavy atom. The molecule has 1 amide bonds. The fourth-order valence-corrected chi connectivity index (χ4v) is 4.87. The van der Waals surface area contributed by atoms with Gasteiger partial charge in [-0.15, -0.1) is 11.3 Å². The number of sulfonamides is 1. The molecule has 134 valence electrons. The maximum Gasteiger partial charge on any atom is 0.243 e. The third-order valence-corrected chi connectivity index (χ3v) is 6.80. The van der Waals surface area contributed by atoms with Gasteiger partial charge in [-0.05, 0) is 37.0 Å². The molecule has 1 aromatic carbocycles. The molecule has 0 saturated carbocycles. The van der Waals surface area contributed by atoms with Crippen molar-refractivity contribution in [3.8, 4) is 0 Å². The maximum atomic E-state index is 12.6. The largest absolute Gasteiger partial charge is 0.302 e. The molecule has 1 N–H and O–H groups in total. The summed E-state index contributed by atoms with van der Waals surface area (Å²) in [5.74, 6) is -0.0973. The fourth-order valence-electron chi connectivity index (χ4n) is 2.81. The summed E-state index contributed by atoms with van der Waals surface area (Å²) in [5.41, 5.74) is 0.937. The topological polar surface area (TPSA) is 79.4 Å². The van der Waals surface area contributed by atoms with Crippen molar-refractivity contribution >= 4 is 32.4 Å². The van der Waals surface area contributed by atoms with Crippen LogP contribution in [0.15, 0.2) is 40.7 Å². The first-order valence-corrected chi connectivity index (χ1v) is 10.7. The number of anilines is 1. The number of hydrogen-bond donors (Lipinski definition) is 1. The van der Waals surface area contributed by atoms with Crippen LogP contribution in [0, 0.1) is 0 Å². The van der Waals surface area contributed by atoms with Crippen LogP contribution in [-0.4, -0.2) is 36.7 Å². The number of nitrogens with zero attached hydrogens (tertiary/aromatic N) is 2. The highest BCUT2D eigenvalue weighted by molar-refractivity contribution is 7.89. The standard InChI is InChI=1S/C17H21N3O3S2/c21-16(19-17-18-10-13-24-17)9-6-14-4-7-15(8-5-14)25(22,23)20-11-2-1-3-12-20/h4-5,7-8,10,13H,1-3,6,9,11-12H2,(H,18,19,21). The van der Waals surface area contributed by atoms with E-state index >= 15 is 0 Å². The van der Waals surface area contributed by atoms with Crippen LogP contribution in [-0.2, 0) is 21.2 Å². The zero-order chi connectivity index (χ0) is 17.7. The van der Waals surface area contributed by atoms with Gasteiger partial charge in [0.05, 0.1) is 4.90 Å². The van der Waals surface area contributed by atoms with Crippen LogP contribution in [0.5, 0.6) is 0 Å². The quantitative estimate of drug-likeness (QED) is 0.837. The highest BCUT2D eigenvalue weighted by atomic mass is 32.2. The first kappa shape index (κ1) is 18.0. The molecule has 2 heterocycles. The van der Waals surface area contributed by atoms with Gasteiger partial charge in [0.25, 0.3) is 0 Å². The SMILES string of the molecule is O=C(CCc1ccc(S(=O)(=O)N2CCCCC2)cc1)Nc1nccs1. The number of amides is 1. The molecule has 0 spiro atoms. The van der Waals surface area contributed by atoms with Gasteiger partial charge in [0, 0.05) is 31.1 Å². The van der Waals surface area contributed by atoms with E-state index in [4.69, 9.17) is 0 Å². The van der Waals surface area contributed by atoms with Crippen LogP contribution in [0.4, 0.5) is 5.13 Å². The Morgan fingerprint density at radius 3 is 2.52 bits per heavy atom. The maximum absolute atomic E-state index is 12.6. The van der Waals surface area contributed by atoms with Crippen molar-refractivity contribution < 1.29 is 13.2 Å². The monoisotopic (exact) mass is 379 g/mol. The van der Waals surface area contributed by atoms with E-state index < -0.39 is 10.0 Å². The molecule has 2 aromatic rings. The lowest BCUT2D eigenvalue weighted by molar-refractivity contribution is -0.116. The first-order chi connectivity index (χ1) is 12.1. The number of carbonyl (C=O) groups is 1. The summed E-state index contributed by atoms with van der Waals surface area (Å²) in [6.45, 7) is 1.20. The number of thiazole rings is 1. The summed E-state index contributed by atoms with van der Waals surface area (Å²) in [6, 6.07) is 6.84. The van der Waals surface area contributed by atoms with Crippen molar-refractivity contribution in [3.05, 3.63) is 41.4 Å². The van der Waals surface area contributed by atoms with Crippen LogP contribution >= 0.6 is 11.3 Å². The highest BCUT2D eigenvalue weighted by Crippen LogP contribution is 2.21. The molecule has 0 unspecified atom stereocenters. The average molecular weight is 380 g/mol. The Bertz CT molecular complexity index is 796. The molecule has 8 heteroatoms. The molecule has 1 fully saturated rings. The van der Waals surface area contributed by atoms with Gasteiger partial charge in [0.2, 0.25) is 15.9 Å². The van der Waals surface area contributed by atoms with Crippen molar-refractivity contribution in [1.29, 1.82) is 0 Å². The average Bonchev–Trinajstić information content (AvgIpc) is 3.14. The van der Waals surface area contributed by atoms with Gasteiger partial charge in [-0.25, -0.2) is 13.4 Å². The summed E-state index contributed by atoms with van der Waals surface area (Å²) in [4.78, 5) is 16.2. The lowest BCUT2D eigenvalue weighted by Crippen LogP contribution is -2.35. The van der Waals surface area contributed by atoms with E-state index in [0.717, 1.165) is 24.8 Å². The number of benzene rings is 1. The lowest BCUT2D eigenvalue weighted by Gasteiger charge is -2.25. The first-order valence-electron chi connectivity index (χ1n) is 8.34. The van der Waals surface area contributed by atoms with Crippen LogP contribution in [0.1, 0.15) is 31.2 Å². The van der Waals surface area contributed by atoms with Crippen molar-refractivity contribution in [1.82, 2.24) is 9.29 Å². The Labute approximate surface area is 151 Å². The number of aromatic nitrogens is 1. The molecule has 25 heavy (non-hydrogen) atoms. The molecular weight excluding hydrogens is 358 g/mol. The van der Waals surface area contributed by atoms with E-state index in [1.807, 2.05) is 0 Å². The van der Waals surface area contributed by atoms with E-state index in [0.29, 0.717) is 36.0 Å². The van der Waals surface area contributed by atoms with Crippen molar-refractivity contribution in [3.63, 3.8) is 0 Å². The van der Waals surface area contributed by atoms with Gasteiger partial charge in [-0.2, -0.15) is 4.31 Å². The summed E-state index contributed by atoms with van der Waals surface area (Å²) in [6.07, 6.45) is 5.46. The molecule has 1 aromatic heterocycles. The summed E-state index contributed by atoms with van der Waals surface area (Å²) >= 11 is 1.38. The number of rotatable bonds is 6. The second kappa shape index (κ2) is 8.07. The van der Waals surface area contributed by atoms with Crippen LogP contribution in [0.2, 0.25) is 0 Å². The van der Waals surface area contributed by atoms with E-state index in [2.05, 4.69) is 10.3 Å². The van der Waals surface area contributed by atoms with Crippen LogP contribution in [0.3, 0.4) is 0 Å². The van der Waals surface area contributed by atoms with E-state index in [9.17, 15) is 13.2 Å². The van der Waals surface area contributed by atoms with Gasteiger partial charge >= 0.3 is 0 Å². The lowest BCUT2D eigenvalue weighted by atomic mass is 10.1. The molecular formula is C17H21N3O3S2. The highest BCUT2D eigenvalue weighted by Gasteiger charge is 2.25. The van der Waals surface area contributed by atoms with Crippen LogP contribution in [0.25, 0.3) is 0 Å². The Balaban J connectivity index is 1.57. The minimum atomic E-state index is -3.40. The van der Waals surface area contributed by atoms with Gasteiger partial charge in [-0.1, -0.05) is 18.6 Å². The second-order valence-electron chi connectivity index (χ2n) is 5.99. The molecule has 0 radical (unpaired) electrons. The second-order valence-corrected chi connectivity index (χ2v) is 8.83. The molecule has 1 aliphatic heterocycles. The zero-order valence-corrected chi connectivity index (χ0v) is 15.5. The number of aryl methyl sites for hydroxylation is 1. The number of piperidine rings is 1. The fraction of sp³-hybridized carbons (Fsp3) is 0.412. The molecule has 0 atom stereocenters. The smallest absolute Gasteiger partial charge is 0.243 e. The van der Waals surface area contributed by atoms with Gasteiger partial charge in [0.15, 0.2) is 5.13 Å². The van der Waals surface area contributed by atoms with Gasteiger partial charge < -0.3 is 5.32 Å². The molecule has 0 aliphatic carbocycles. The Morgan fingerprint density at radius 1 is 1.16 bits per heavy atom. The third-order valence-electron chi connectivity index (χ3n) is 4.20. The van der Waals surface area contributed by atoms with E-state index in [-0.39, 0.29) is 5.91 Å². The number of carbonyl (C=O) groups excluding carboxylic acids is 1. The molecule has 1 aliphatic rings. The molecule has 3 rings (SSSR count). The predicted octanol–water partition coefficient (Wildman–Crippen LogP) is 2.89. The Kier molecular flexibility index (Phi) is 5.82. The number of hydrogen-bond acceptors (Lipinski definition) is 5. The predicted molar refractivity (Wildman–Crippen MR) is 98.1 cm³/mol. The molecule has 6 nitrogen and oxygen atoms in total.